The highest BCUT2D eigenvalue weighted by molar-refractivity contribution is 6.33. The fourth-order valence-corrected chi connectivity index (χ4v) is 9.43. The van der Waals surface area contributed by atoms with Crippen molar-refractivity contribution in [2.45, 2.75) is 12.3 Å². The summed E-state index contributed by atoms with van der Waals surface area (Å²) in [7, 11) is 0. The van der Waals surface area contributed by atoms with Crippen molar-refractivity contribution in [1.82, 2.24) is 10.6 Å². The molecular weight excluding hydrogens is 719 g/mol. The molecule has 11 aromatic rings. The Hall–Kier alpha value is -7.53. The van der Waals surface area contributed by atoms with Crippen LogP contribution in [0.2, 0.25) is 0 Å². The van der Waals surface area contributed by atoms with Crippen molar-refractivity contribution in [3.8, 4) is 22.3 Å². The van der Waals surface area contributed by atoms with Gasteiger partial charge in [-0.3, -0.25) is 5.32 Å². The largest absolute Gasteiger partial charge is 0.456 e. The third-order valence-corrected chi connectivity index (χ3v) is 12.1. The second-order valence-electron chi connectivity index (χ2n) is 15.5. The van der Waals surface area contributed by atoms with Crippen LogP contribution in [0, 0.1) is 0 Å². The molecule has 2 atom stereocenters. The van der Waals surface area contributed by atoms with Crippen LogP contribution < -0.4 is 10.6 Å². The third kappa shape index (κ3) is 5.53. The van der Waals surface area contributed by atoms with Crippen LogP contribution in [0.15, 0.2) is 210 Å². The second-order valence-corrected chi connectivity index (χ2v) is 15.5. The molecule has 0 aliphatic carbocycles. The molecule has 4 heteroatoms. The lowest BCUT2D eigenvalue weighted by Gasteiger charge is -2.32. The van der Waals surface area contributed by atoms with E-state index in [1.54, 1.807) is 0 Å². The van der Waals surface area contributed by atoms with Crippen molar-refractivity contribution >= 4 is 70.9 Å². The number of benzene rings is 10. The Balaban J connectivity index is 0.989. The Labute approximate surface area is 341 Å². The summed E-state index contributed by atoms with van der Waals surface area (Å²) >= 11 is 0. The molecular formula is C55H37N3O. The van der Waals surface area contributed by atoms with Gasteiger partial charge >= 0.3 is 0 Å². The first-order valence-corrected chi connectivity index (χ1v) is 20.3. The average Bonchev–Trinajstić information content (AvgIpc) is 3.70. The summed E-state index contributed by atoms with van der Waals surface area (Å²) in [4.78, 5) is 5.40. The molecule has 2 heterocycles. The van der Waals surface area contributed by atoms with Gasteiger partial charge in [0.1, 0.15) is 29.3 Å². The summed E-state index contributed by atoms with van der Waals surface area (Å²) < 4.78 is 6.30. The lowest BCUT2D eigenvalue weighted by atomic mass is 9.87. The summed E-state index contributed by atoms with van der Waals surface area (Å²) in [6.45, 7) is 0. The zero-order valence-electron chi connectivity index (χ0n) is 32.1. The fourth-order valence-electron chi connectivity index (χ4n) is 9.43. The number of furan rings is 1. The number of rotatable bonds is 5. The molecule has 0 spiro atoms. The van der Waals surface area contributed by atoms with Crippen LogP contribution in [-0.4, -0.2) is 5.84 Å². The minimum absolute atomic E-state index is 0.163. The monoisotopic (exact) mass is 755 g/mol. The molecule has 0 saturated heterocycles. The minimum Gasteiger partial charge on any atom is -0.456 e. The highest BCUT2D eigenvalue weighted by Crippen LogP contribution is 2.43. The first kappa shape index (κ1) is 33.6. The molecule has 59 heavy (non-hydrogen) atoms. The van der Waals surface area contributed by atoms with Crippen molar-refractivity contribution in [2.75, 3.05) is 0 Å². The van der Waals surface area contributed by atoms with Crippen molar-refractivity contribution in [2.24, 2.45) is 4.99 Å². The number of nitrogens with one attached hydrogen (secondary N) is 2. The molecule has 1 aliphatic heterocycles. The number of amidine groups is 1. The number of fused-ring (bicyclic) bond motifs is 11. The lowest BCUT2D eigenvalue weighted by molar-refractivity contribution is 0.410. The molecule has 0 radical (unpaired) electrons. The number of hydrogen-bond donors (Lipinski definition) is 2. The molecule has 12 rings (SSSR count). The summed E-state index contributed by atoms with van der Waals surface area (Å²) in [5.74, 6) is 0.838. The normalized spacial score (nSPS) is 15.6. The third-order valence-electron chi connectivity index (χ3n) is 12.1. The van der Waals surface area contributed by atoms with Gasteiger partial charge in [-0.1, -0.05) is 170 Å². The maximum Gasteiger partial charge on any atom is 0.135 e. The summed E-state index contributed by atoms with van der Waals surface area (Å²) in [6.07, 6.45) is -0.481. The van der Waals surface area contributed by atoms with E-state index in [0.29, 0.717) is 0 Å². The molecule has 0 bridgehead atoms. The first-order chi connectivity index (χ1) is 29.2. The van der Waals surface area contributed by atoms with Crippen LogP contribution in [0.5, 0.6) is 0 Å². The van der Waals surface area contributed by atoms with E-state index in [2.05, 4.69) is 193 Å². The van der Waals surface area contributed by atoms with Gasteiger partial charge in [-0.25, -0.2) is 4.99 Å². The van der Waals surface area contributed by atoms with Gasteiger partial charge in [-0.05, 0) is 101 Å². The standard InChI is InChI=1S/C55H37N3O/c1-2-15-34(16-3-1)53-56-54(58-55(57-53)46-28-14-30-50-52(46)45-27-10-11-29-49(45)59-50)38-20-13-18-36(32-38)35-17-12-19-37(31-35)47-33-48-41-23-5-4-21-39(41)40-22-6-8-25-43(40)51(48)44-26-9-7-24-42(44)47/h1-33,53,55,57H,(H,56,58). The molecule has 1 aromatic heterocycles. The predicted molar refractivity (Wildman–Crippen MR) is 246 cm³/mol. The van der Waals surface area contributed by atoms with E-state index in [9.17, 15) is 0 Å². The van der Waals surface area contributed by atoms with Gasteiger partial charge in [0.25, 0.3) is 0 Å². The number of hydrogen-bond acceptors (Lipinski definition) is 4. The first-order valence-electron chi connectivity index (χ1n) is 20.3. The lowest BCUT2D eigenvalue weighted by Crippen LogP contribution is -2.45. The highest BCUT2D eigenvalue weighted by atomic mass is 16.3. The van der Waals surface area contributed by atoms with Gasteiger partial charge in [-0.15, -0.1) is 0 Å². The van der Waals surface area contributed by atoms with Crippen molar-refractivity contribution in [3.63, 3.8) is 0 Å². The van der Waals surface area contributed by atoms with Gasteiger partial charge < -0.3 is 9.73 Å². The van der Waals surface area contributed by atoms with Crippen molar-refractivity contribution in [3.05, 3.63) is 217 Å². The zero-order chi connectivity index (χ0) is 38.9. The molecule has 1 aliphatic rings. The van der Waals surface area contributed by atoms with Crippen LogP contribution in [0.3, 0.4) is 0 Å². The van der Waals surface area contributed by atoms with E-state index >= 15 is 0 Å². The summed E-state index contributed by atoms with van der Waals surface area (Å²) in [5, 5.41) is 20.0. The smallest absolute Gasteiger partial charge is 0.135 e. The van der Waals surface area contributed by atoms with Gasteiger partial charge in [0.15, 0.2) is 0 Å². The molecule has 278 valence electrons. The molecule has 2 N–H and O–H groups in total. The SMILES string of the molecule is c1ccc(C2NC(c3cccc(-c4cccc(-c5cc6c7ccccc7c7ccccc7c6c6ccccc56)c4)c3)=NC(c3cccc4oc5ccccc5c34)N2)cc1. The minimum atomic E-state index is -0.317. The zero-order valence-corrected chi connectivity index (χ0v) is 32.1. The van der Waals surface area contributed by atoms with E-state index in [0.717, 1.165) is 55.6 Å². The Bertz CT molecular complexity index is 3470. The highest BCUT2D eigenvalue weighted by Gasteiger charge is 2.28. The predicted octanol–water partition coefficient (Wildman–Crippen LogP) is 13.9. The Morgan fingerprint density at radius 3 is 1.69 bits per heavy atom. The molecule has 0 fully saturated rings. The van der Waals surface area contributed by atoms with E-state index in [4.69, 9.17) is 9.41 Å². The van der Waals surface area contributed by atoms with E-state index in [-0.39, 0.29) is 12.3 Å². The number of para-hydroxylation sites is 1. The summed E-state index contributed by atoms with van der Waals surface area (Å²) in [6, 6.07) is 71.8. The van der Waals surface area contributed by atoms with Gasteiger partial charge in [0.05, 0.1) is 0 Å². The molecule has 4 nitrogen and oxygen atoms in total. The Morgan fingerprint density at radius 1 is 0.390 bits per heavy atom. The van der Waals surface area contributed by atoms with Crippen molar-refractivity contribution in [1.29, 1.82) is 0 Å². The fraction of sp³-hybridized carbons (Fsp3) is 0.0364. The Kier molecular flexibility index (Phi) is 7.72. The van der Waals surface area contributed by atoms with Crippen LogP contribution in [0.1, 0.15) is 29.0 Å². The molecule has 0 saturated carbocycles. The molecule has 10 aromatic carbocycles. The second kappa shape index (κ2) is 13.6. The van der Waals surface area contributed by atoms with E-state index in [1.165, 1.54) is 54.2 Å². The average molecular weight is 756 g/mol. The quantitative estimate of drug-likeness (QED) is 0.172. The van der Waals surface area contributed by atoms with E-state index < -0.39 is 0 Å². The van der Waals surface area contributed by atoms with Gasteiger partial charge in [-0.2, -0.15) is 0 Å². The van der Waals surface area contributed by atoms with Crippen LogP contribution in [0.25, 0.3) is 87.3 Å². The van der Waals surface area contributed by atoms with Crippen molar-refractivity contribution < 1.29 is 4.42 Å². The maximum absolute atomic E-state index is 6.30. The topological polar surface area (TPSA) is 49.6 Å². The molecule has 0 amide bonds. The molecule has 2 unspecified atom stereocenters. The number of nitrogens with zero attached hydrogens (tertiary/aromatic N) is 1. The van der Waals surface area contributed by atoms with Crippen LogP contribution in [0.4, 0.5) is 0 Å². The van der Waals surface area contributed by atoms with Gasteiger partial charge in [0.2, 0.25) is 0 Å². The summed E-state index contributed by atoms with van der Waals surface area (Å²) in [5.41, 5.74) is 9.68. The maximum atomic E-state index is 6.30. The Morgan fingerprint density at radius 2 is 0.932 bits per heavy atom. The number of aliphatic imine (C=N–C) groups is 1. The van der Waals surface area contributed by atoms with Crippen LogP contribution in [-0.2, 0) is 0 Å². The van der Waals surface area contributed by atoms with Crippen LogP contribution >= 0.6 is 0 Å². The van der Waals surface area contributed by atoms with Gasteiger partial charge in [0, 0.05) is 21.9 Å². The van der Waals surface area contributed by atoms with E-state index in [1.807, 2.05) is 18.2 Å².